The molecule has 0 fully saturated rings. The number of carboxylic acids is 1. The van der Waals surface area contributed by atoms with Crippen molar-refractivity contribution in [1.82, 2.24) is 4.98 Å². The Morgan fingerprint density at radius 1 is 1.25 bits per heavy atom. The van der Waals surface area contributed by atoms with Crippen LogP contribution in [0.5, 0.6) is 0 Å². The highest BCUT2D eigenvalue weighted by Gasteiger charge is 2.17. The number of nitrogens with zero attached hydrogens (tertiary/aromatic N) is 1. The molecule has 3 N–H and O–H groups in total. The second-order valence-electron chi connectivity index (χ2n) is 5.25. The molecule has 1 aromatic heterocycles. The van der Waals surface area contributed by atoms with Crippen molar-refractivity contribution in [2.24, 2.45) is 0 Å². The minimum absolute atomic E-state index is 0.0475. The van der Waals surface area contributed by atoms with Gasteiger partial charge in [0.2, 0.25) is 0 Å². The average Bonchev–Trinajstić information content (AvgIpc) is 2.53. The fourth-order valence-electron chi connectivity index (χ4n) is 2.37. The van der Waals surface area contributed by atoms with Crippen molar-refractivity contribution < 1.29 is 23.1 Å². The van der Waals surface area contributed by atoms with E-state index in [2.05, 4.69) is 15.6 Å². The van der Waals surface area contributed by atoms with Crippen molar-refractivity contribution in [3.05, 3.63) is 64.7 Å². The number of aliphatic carboxylic acids is 1. The molecule has 0 bridgehead atoms. The number of pyridine rings is 1. The van der Waals surface area contributed by atoms with Crippen molar-refractivity contribution in [3.8, 4) is 0 Å². The summed E-state index contributed by atoms with van der Waals surface area (Å²) in [5, 5.41) is 14.4. The van der Waals surface area contributed by atoms with Gasteiger partial charge in [0.25, 0.3) is 0 Å². The quantitative estimate of drug-likeness (QED) is 0.801. The Kier molecular flexibility index (Phi) is 4.11. The largest absolute Gasteiger partial charge is 0.478 e. The van der Waals surface area contributed by atoms with Crippen LogP contribution in [0.15, 0.2) is 36.2 Å². The zero-order chi connectivity index (χ0) is 17.3. The smallest absolute Gasteiger partial charge is 0.333 e. The number of nitrogens with one attached hydrogen (secondary N) is 2. The number of carbonyl (C=O) groups is 1. The van der Waals surface area contributed by atoms with Crippen molar-refractivity contribution >= 4 is 17.5 Å². The number of halogens is 3. The predicted molar refractivity (Wildman–Crippen MR) is 80.9 cm³/mol. The third-order valence-electron chi connectivity index (χ3n) is 3.54. The van der Waals surface area contributed by atoms with Gasteiger partial charge in [-0.2, -0.15) is 0 Å². The van der Waals surface area contributed by atoms with Gasteiger partial charge in [-0.3, -0.25) is 0 Å². The standard InChI is InChI=1S/C16H12F3N3O2/c17-11-3-12(18)14(13(19)4-11)20-5-8-1-9-2-10(16(23)24)7-22-15(9)21-6-8/h1,3-4,6-7,20H,2,5H2,(H,21,22)(H,23,24). The fraction of sp³-hybridized carbons (Fsp3) is 0.125. The summed E-state index contributed by atoms with van der Waals surface area (Å²) in [6.45, 7) is 0.0475. The molecule has 1 aliphatic heterocycles. The molecule has 0 amide bonds. The molecule has 1 aliphatic rings. The maximum atomic E-state index is 13.6. The maximum Gasteiger partial charge on any atom is 0.333 e. The highest BCUT2D eigenvalue weighted by atomic mass is 19.1. The second-order valence-corrected chi connectivity index (χ2v) is 5.25. The van der Waals surface area contributed by atoms with Crippen molar-refractivity contribution in [2.75, 3.05) is 10.6 Å². The third kappa shape index (κ3) is 3.17. The Morgan fingerprint density at radius 3 is 2.62 bits per heavy atom. The van der Waals surface area contributed by atoms with Gasteiger partial charge in [0.15, 0.2) is 11.6 Å². The Hall–Kier alpha value is -3.03. The van der Waals surface area contributed by atoms with Crippen LogP contribution in [-0.4, -0.2) is 16.1 Å². The van der Waals surface area contributed by atoms with Crippen LogP contribution in [0.1, 0.15) is 11.1 Å². The van der Waals surface area contributed by atoms with E-state index in [1.165, 1.54) is 12.4 Å². The molecule has 0 saturated heterocycles. The minimum Gasteiger partial charge on any atom is -0.478 e. The van der Waals surface area contributed by atoms with Gasteiger partial charge in [0, 0.05) is 37.5 Å². The summed E-state index contributed by atoms with van der Waals surface area (Å²) in [7, 11) is 0. The van der Waals surface area contributed by atoms with E-state index in [9.17, 15) is 18.0 Å². The predicted octanol–water partition coefficient (Wildman–Crippen LogP) is 3.05. The van der Waals surface area contributed by atoms with Gasteiger partial charge < -0.3 is 15.7 Å². The zero-order valence-electron chi connectivity index (χ0n) is 12.2. The normalized spacial score (nSPS) is 12.9. The molecule has 0 aliphatic carbocycles. The average molecular weight is 335 g/mol. The first kappa shape index (κ1) is 15.9. The lowest BCUT2D eigenvalue weighted by Gasteiger charge is -2.16. The van der Waals surface area contributed by atoms with E-state index < -0.39 is 29.1 Å². The van der Waals surface area contributed by atoms with E-state index in [1.54, 1.807) is 6.07 Å². The van der Waals surface area contributed by atoms with E-state index in [4.69, 9.17) is 5.11 Å². The molecule has 0 radical (unpaired) electrons. The molecule has 1 aromatic carbocycles. The molecule has 0 spiro atoms. The van der Waals surface area contributed by atoms with Crippen molar-refractivity contribution in [1.29, 1.82) is 0 Å². The number of hydrogen-bond donors (Lipinski definition) is 3. The number of aromatic nitrogens is 1. The van der Waals surface area contributed by atoms with Gasteiger partial charge >= 0.3 is 5.97 Å². The summed E-state index contributed by atoms with van der Waals surface area (Å²) in [6.07, 6.45) is 3.06. The second kappa shape index (κ2) is 6.23. The summed E-state index contributed by atoms with van der Waals surface area (Å²) >= 11 is 0. The lowest BCUT2D eigenvalue weighted by Crippen LogP contribution is -2.14. The van der Waals surface area contributed by atoms with Gasteiger partial charge in [0.05, 0.1) is 5.57 Å². The molecule has 0 atom stereocenters. The molecular formula is C16H12F3N3O2. The topological polar surface area (TPSA) is 74.2 Å². The first-order valence-corrected chi connectivity index (χ1v) is 6.99. The monoisotopic (exact) mass is 335 g/mol. The Bertz CT molecular complexity index is 829. The molecule has 0 saturated carbocycles. The number of anilines is 2. The van der Waals surface area contributed by atoms with Crippen LogP contribution in [0.3, 0.4) is 0 Å². The number of fused-ring (bicyclic) bond motifs is 1. The molecule has 3 rings (SSSR count). The van der Waals surface area contributed by atoms with Crippen LogP contribution in [-0.2, 0) is 17.8 Å². The maximum absolute atomic E-state index is 13.6. The van der Waals surface area contributed by atoms with Gasteiger partial charge in [0.1, 0.15) is 17.3 Å². The van der Waals surface area contributed by atoms with E-state index in [0.29, 0.717) is 29.1 Å². The van der Waals surface area contributed by atoms with Crippen LogP contribution in [0.25, 0.3) is 0 Å². The third-order valence-corrected chi connectivity index (χ3v) is 3.54. The van der Waals surface area contributed by atoms with E-state index in [0.717, 1.165) is 0 Å². The van der Waals surface area contributed by atoms with Gasteiger partial charge in [-0.05, 0) is 17.2 Å². The van der Waals surface area contributed by atoms with Crippen LogP contribution >= 0.6 is 0 Å². The number of rotatable bonds is 4. The van der Waals surface area contributed by atoms with Crippen molar-refractivity contribution in [3.63, 3.8) is 0 Å². The molecule has 0 unspecified atom stereocenters. The molecule has 124 valence electrons. The molecular weight excluding hydrogens is 323 g/mol. The molecule has 2 aromatic rings. The summed E-state index contributed by atoms with van der Waals surface area (Å²) in [6, 6.07) is 2.87. The van der Waals surface area contributed by atoms with E-state index >= 15 is 0 Å². The zero-order valence-corrected chi connectivity index (χ0v) is 12.2. The highest BCUT2D eigenvalue weighted by Crippen LogP contribution is 2.24. The summed E-state index contributed by atoms with van der Waals surface area (Å²) in [5.74, 6) is -3.56. The van der Waals surface area contributed by atoms with Gasteiger partial charge in [-0.1, -0.05) is 0 Å². The van der Waals surface area contributed by atoms with Crippen LogP contribution in [0.4, 0.5) is 24.7 Å². The minimum atomic E-state index is -1.04. The van der Waals surface area contributed by atoms with Crippen molar-refractivity contribution in [2.45, 2.75) is 13.0 Å². The van der Waals surface area contributed by atoms with Crippen LogP contribution in [0, 0.1) is 17.5 Å². The lowest BCUT2D eigenvalue weighted by atomic mass is 10.0. The first-order valence-electron chi connectivity index (χ1n) is 6.99. The molecule has 24 heavy (non-hydrogen) atoms. The Labute approximate surface area is 134 Å². The number of carboxylic acid groups (broad SMARTS) is 1. The van der Waals surface area contributed by atoms with E-state index in [-0.39, 0.29) is 18.5 Å². The molecule has 5 nitrogen and oxygen atoms in total. The lowest BCUT2D eigenvalue weighted by molar-refractivity contribution is -0.132. The first-order chi connectivity index (χ1) is 11.4. The molecule has 8 heteroatoms. The number of benzene rings is 1. The SMILES string of the molecule is O=C(O)C1=CNc2ncc(CNc3c(F)cc(F)cc3F)cc2C1. The Balaban J connectivity index is 1.77. The summed E-state index contributed by atoms with van der Waals surface area (Å²) in [4.78, 5) is 15.2. The highest BCUT2D eigenvalue weighted by molar-refractivity contribution is 5.88. The Morgan fingerprint density at radius 2 is 1.96 bits per heavy atom. The van der Waals surface area contributed by atoms with E-state index in [1.807, 2.05) is 0 Å². The summed E-state index contributed by atoms with van der Waals surface area (Å²) in [5.41, 5.74) is 1.02. The van der Waals surface area contributed by atoms with Crippen LogP contribution < -0.4 is 10.6 Å². The van der Waals surface area contributed by atoms with Gasteiger partial charge in [-0.15, -0.1) is 0 Å². The van der Waals surface area contributed by atoms with Crippen LogP contribution in [0.2, 0.25) is 0 Å². The fourth-order valence-corrected chi connectivity index (χ4v) is 2.37. The number of hydrogen-bond acceptors (Lipinski definition) is 4. The molecule has 2 heterocycles. The summed E-state index contributed by atoms with van der Waals surface area (Å²) < 4.78 is 40.1. The van der Waals surface area contributed by atoms with Gasteiger partial charge in [-0.25, -0.2) is 22.9 Å².